The number of fused-ring (bicyclic) bond motifs is 1. The Morgan fingerprint density at radius 1 is 1.05 bits per heavy atom. The highest BCUT2D eigenvalue weighted by atomic mass is 16.1. The molecule has 0 aliphatic rings. The largest absolute Gasteiger partial charge is 0.313 e. The Hall–Kier alpha value is -2.42. The highest BCUT2D eigenvalue weighted by Crippen LogP contribution is 2.26. The van der Waals surface area contributed by atoms with E-state index in [1.54, 1.807) is 0 Å². The van der Waals surface area contributed by atoms with Gasteiger partial charge in [-0.1, -0.05) is 29.8 Å². The number of hydrogen-bond acceptors (Lipinski definition) is 2. The summed E-state index contributed by atoms with van der Waals surface area (Å²) in [5.41, 5.74) is 5.23. The smallest absolute Gasteiger partial charge is 0.258 e. The van der Waals surface area contributed by atoms with Gasteiger partial charge in [-0.25, -0.2) is 4.98 Å². The molecule has 0 saturated carbocycles. The van der Waals surface area contributed by atoms with Gasteiger partial charge in [0.1, 0.15) is 0 Å². The van der Waals surface area contributed by atoms with Gasteiger partial charge in [-0.3, -0.25) is 4.79 Å². The molecule has 2 aromatic carbocycles. The van der Waals surface area contributed by atoms with Crippen LogP contribution < -0.4 is 5.56 Å². The van der Waals surface area contributed by atoms with Crippen LogP contribution in [0.2, 0.25) is 0 Å². The van der Waals surface area contributed by atoms with Crippen molar-refractivity contribution in [2.45, 2.75) is 13.8 Å². The van der Waals surface area contributed by atoms with Crippen molar-refractivity contribution in [3.8, 4) is 11.1 Å². The van der Waals surface area contributed by atoms with Gasteiger partial charge in [0.25, 0.3) is 5.56 Å². The van der Waals surface area contributed by atoms with E-state index in [1.165, 1.54) is 17.5 Å². The van der Waals surface area contributed by atoms with E-state index in [0.29, 0.717) is 5.39 Å². The fourth-order valence-electron chi connectivity index (χ4n) is 2.28. The van der Waals surface area contributed by atoms with Crippen LogP contribution in [0.3, 0.4) is 0 Å². The molecule has 1 aromatic heterocycles. The van der Waals surface area contributed by atoms with Crippen molar-refractivity contribution >= 4 is 10.9 Å². The Labute approximate surface area is 111 Å². The van der Waals surface area contributed by atoms with Crippen LogP contribution in [0.1, 0.15) is 11.1 Å². The number of benzene rings is 2. The summed E-state index contributed by atoms with van der Waals surface area (Å²) in [6, 6.07) is 12.1. The van der Waals surface area contributed by atoms with E-state index in [0.717, 1.165) is 16.6 Å². The predicted molar refractivity (Wildman–Crippen MR) is 77.3 cm³/mol. The molecule has 3 heteroatoms. The Balaban J connectivity index is 2.29. The summed E-state index contributed by atoms with van der Waals surface area (Å²) in [5.74, 6) is 0. The quantitative estimate of drug-likeness (QED) is 0.720. The van der Waals surface area contributed by atoms with Gasteiger partial charge in [0.05, 0.1) is 17.2 Å². The lowest BCUT2D eigenvalue weighted by Crippen LogP contribution is -2.06. The molecule has 0 radical (unpaired) electrons. The van der Waals surface area contributed by atoms with Crippen LogP contribution in [0.5, 0.6) is 0 Å². The maximum atomic E-state index is 11.8. The SMILES string of the molecule is Cc1ccc(C)c(-c2ccc3nc[nH]c(=O)c3c2)c1. The molecule has 0 atom stereocenters. The van der Waals surface area contributed by atoms with Crippen molar-refractivity contribution in [2.24, 2.45) is 0 Å². The van der Waals surface area contributed by atoms with Crippen molar-refractivity contribution in [1.29, 1.82) is 0 Å². The summed E-state index contributed by atoms with van der Waals surface area (Å²) >= 11 is 0. The highest BCUT2D eigenvalue weighted by Gasteiger charge is 2.05. The van der Waals surface area contributed by atoms with Crippen molar-refractivity contribution in [2.75, 3.05) is 0 Å². The molecule has 0 amide bonds. The van der Waals surface area contributed by atoms with Gasteiger partial charge in [0, 0.05) is 0 Å². The molecular weight excluding hydrogens is 236 g/mol. The van der Waals surface area contributed by atoms with Gasteiger partial charge in [0.2, 0.25) is 0 Å². The molecule has 0 aliphatic carbocycles. The zero-order valence-electron chi connectivity index (χ0n) is 10.9. The lowest BCUT2D eigenvalue weighted by Gasteiger charge is -2.08. The minimum absolute atomic E-state index is 0.0999. The average Bonchev–Trinajstić information content (AvgIpc) is 2.42. The molecule has 3 nitrogen and oxygen atoms in total. The first-order valence-electron chi connectivity index (χ1n) is 6.20. The first-order valence-corrected chi connectivity index (χ1v) is 6.20. The normalized spacial score (nSPS) is 10.8. The second-order valence-corrected chi connectivity index (χ2v) is 4.78. The van der Waals surface area contributed by atoms with Crippen molar-refractivity contribution in [1.82, 2.24) is 9.97 Å². The Morgan fingerprint density at radius 2 is 1.89 bits per heavy atom. The third kappa shape index (κ3) is 2.03. The standard InChI is InChI=1S/C16H14N2O/c1-10-3-4-11(2)13(7-10)12-5-6-15-14(8-12)16(19)18-9-17-15/h3-9H,1-2H3,(H,17,18,19). The second kappa shape index (κ2) is 4.35. The van der Waals surface area contributed by atoms with E-state index in [4.69, 9.17) is 0 Å². The summed E-state index contributed by atoms with van der Waals surface area (Å²) in [5, 5.41) is 0.626. The molecule has 0 fully saturated rings. The third-order valence-corrected chi connectivity index (χ3v) is 3.34. The van der Waals surface area contributed by atoms with Gasteiger partial charge in [-0.05, 0) is 42.7 Å². The number of rotatable bonds is 1. The Kier molecular flexibility index (Phi) is 2.67. The molecule has 1 N–H and O–H groups in total. The summed E-state index contributed by atoms with van der Waals surface area (Å²) in [4.78, 5) is 18.6. The van der Waals surface area contributed by atoms with Crippen LogP contribution in [0.15, 0.2) is 47.5 Å². The molecule has 19 heavy (non-hydrogen) atoms. The molecule has 0 spiro atoms. The average molecular weight is 250 g/mol. The number of nitrogens with zero attached hydrogens (tertiary/aromatic N) is 1. The molecule has 0 unspecified atom stereocenters. The summed E-state index contributed by atoms with van der Waals surface area (Å²) in [6.07, 6.45) is 1.43. The Morgan fingerprint density at radius 3 is 2.74 bits per heavy atom. The van der Waals surface area contributed by atoms with Gasteiger partial charge < -0.3 is 4.98 Å². The van der Waals surface area contributed by atoms with E-state index in [2.05, 4.69) is 42.0 Å². The van der Waals surface area contributed by atoms with Gasteiger partial charge in [-0.15, -0.1) is 0 Å². The minimum Gasteiger partial charge on any atom is -0.313 e. The van der Waals surface area contributed by atoms with Crippen LogP contribution in [0.25, 0.3) is 22.0 Å². The molecule has 0 aliphatic heterocycles. The maximum absolute atomic E-state index is 11.8. The topological polar surface area (TPSA) is 45.8 Å². The summed E-state index contributed by atoms with van der Waals surface area (Å²) < 4.78 is 0. The molecule has 1 heterocycles. The summed E-state index contributed by atoms with van der Waals surface area (Å²) in [6.45, 7) is 4.14. The molecular formula is C16H14N2O. The van der Waals surface area contributed by atoms with Crippen molar-refractivity contribution in [3.05, 3.63) is 64.2 Å². The molecule has 3 rings (SSSR count). The van der Waals surface area contributed by atoms with E-state index < -0.39 is 0 Å². The van der Waals surface area contributed by atoms with Crippen molar-refractivity contribution < 1.29 is 0 Å². The van der Waals surface area contributed by atoms with Crippen LogP contribution in [0, 0.1) is 13.8 Å². The minimum atomic E-state index is -0.0999. The molecule has 0 bridgehead atoms. The van der Waals surface area contributed by atoms with Gasteiger partial charge in [-0.2, -0.15) is 0 Å². The van der Waals surface area contributed by atoms with E-state index >= 15 is 0 Å². The van der Waals surface area contributed by atoms with Crippen LogP contribution in [-0.2, 0) is 0 Å². The third-order valence-electron chi connectivity index (χ3n) is 3.34. The van der Waals surface area contributed by atoms with Crippen LogP contribution in [-0.4, -0.2) is 9.97 Å². The predicted octanol–water partition coefficient (Wildman–Crippen LogP) is 3.21. The first-order chi connectivity index (χ1) is 9.15. The summed E-state index contributed by atoms with van der Waals surface area (Å²) in [7, 11) is 0. The Bertz CT molecular complexity index is 818. The zero-order chi connectivity index (χ0) is 13.4. The fraction of sp³-hybridized carbons (Fsp3) is 0.125. The lowest BCUT2D eigenvalue weighted by molar-refractivity contribution is 1.17. The molecule has 0 saturated heterocycles. The van der Waals surface area contributed by atoms with Gasteiger partial charge >= 0.3 is 0 Å². The number of aromatic nitrogens is 2. The van der Waals surface area contributed by atoms with Crippen LogP contribution >= 0.6 is 0 Å². The van der Waals surface area contributed by atoms with Crippen molar-refractivity contribution in [3.63, 3.8) is 0 Å². The van der Waals surface area contributed by atoms with E-state index in [1.807, 2.05) is 18.2 Å². The molecule has 3 aromatic rings. The number of H-pyrrole nitrogens is 1. The number of hydrogen-bond donors (Lipinski definition) is 1. The van der Waals surface area contributed by atoms with Crippen LogP contribution in [0.4, 0.5) is 0 Å². The number of aryl methyl sites for hydroxylation is 2. The maximum Gasteiger partial charge on any atom is 0.258 e. The fourth-order valence-corrected chi connectivity index (χ4v) is 2.28. The number of aromatic amines is 1. The first kappa shape index (κ1) is 11.7. The zero-order valence-corrected chi connectivity index (χ0v) is 10.9. The highest BCUT2D eigenvalue weighted by molar-refractivity contribution is 5.84. The molecule has 94 valence electrons. The van der Waals surface area contributed by atoms with Gasteiger partial charge in [0.15, 0.2) is 0 Å². The lowest BCUT2D eigenvalue weighted by atomic mass is 9.97. The monoisotopic (exact) mass is 250 g/mol. The van der Waals surface area contributed by atoms with E-state index in [-0.39, 0.29) is 5.56 Å². The second-order valence-electron chi connectivity index (χ2n) is 4.78. The van der Waals surface area contributed by atoms with E-state index in [9.17, 15) is 4.79 Å². The number of nitrogens with one attached hydrogen (secondary N) is 1.